The normalized spacial score (nSPS) is 50.0. The molecule has 0 spiro atoms. The van der Waals surface area contributed by atoms with Gasteiger partial charge in [0.25, 0.3) is 0 Å². The molecular formula is C12H23NO11. The van der Waals surface area contributed by atoms with Crippen molar-refractivity contribution in [3.8, 4) is 0 Å². The van der Waals surface area contributed by atoms with Crippen molar-refractivity contribution >= 4 is 0 Å². The van der Waals surface area contributed by atoms with E-state index in [1.807, 2.05) is 0 Å². The average Bonchev–Trinajstić information content (AvgIpc) is 2.58. The summed E-state index contributed by atoms with van der Waals surface area (Å²) in [6, 6.07) is 0. The van der Waals surface area contributed by atoms with Crippen LogP contribution in [0.3, 0.4) is 0 Å². The number of aliphatic hydroxyl groups is 7. The number of aliphatic hydroxyl groups excluding tert-OH is 7. The van der Waals surface area contributed by atoms with Gasteiger partial charge in [0.2, 0.25) is 0 Å². The summed E-state index contributed by atoms with van der Waals surface area (Å²) >= 11 is 0. The lowest BCUT2D eigenvalue weighted by Crippen LogP contribution is -2.65. The van der Waals surface area contributed by atoms with E-state index in [0.29, 0.717) is 0 Å². The van der Waals surface area contributed by atoms with Crippen molar-refractivity contribution in [2.24, 2.45) is 5.90 Å². The molecule has 2 rings (SSSR count). The van der Waals surface area contributed by atoms with Crippen LogP contribution in [0.2, 0.25) is 0 Å². The predicted molar refractivity (Wildman–Crippen MR) is 71.7 cm³/mol. The van der Waals surface area contributed by atoms with Crippen LogP contribution < -0.4 is 5.90 Å². The third kappa shape index (κ3) is 3.70. The molecule has 9 N–H and O–H groups in total. The van der Waals surface area contributed by atoms with Gasteiger partial charge >= 0.3 is 0 Å². The highest BCUT2D eigenvalue weighted by Gasteiger charge is 2.51. The van der Waals surface area contributed by atoms with Crippen LogP contribution in [0.15, 0.2) is 0 Å². The minimum atomic E-state index is -1.70. The van der Waals surface area contributed by atoms with Gasteiger partial charge in [0.15, 0.2) is 12.6 Å². The van der Waals surface area contributed by atoms with Crippen LogP contribution in [0.4, 0.5) is 0 Å². The molecule has 24 heavy (non-hydrogen) atoms. The van der Waals surface area contributed by atoms with Gasteiger partial charge in [-0.3, -0.25) is 4.84 Å². The SMILES string of the molecule is NO[C@@H]1[C@@H](O)[C@H](O)O[C@H](CO)[C@H]1O[C@H]1O[C@H](CO)[C@@H](O)[C@H](O)[C@H]1O. The summed E-state index contributed by atoms with van der Waals surface area (Å²) in [5.74, 6) is 5.08. The Hall–Kier alpha value is -0.480. The van der Waals surface area contributed by atoms with E-state index in [4.69, 9.17) is 25.2 Å². The Bertz CT molecular complexity index is 399. The van der Waals surface area contributed by atoms with E-state index in [9.17, 15) is 30.6 Å². The van der Waals surface area contributed by atoms with Gasteiger partial charge in [-0.2, -0.15) is 0 Å². The van der Waals surface area contributed by atoms with Crippen LogP contribution in [0.5, 0.6) is 0 Å². The Morgan fingerprint density at radius 3 is 1.92 bits per heavy atom. The van der Waals surface area contributed by atoms with Crippen molar-refractivity contribution in [3.63, 3.8) is 0 Å². The predicted octanol–water partition coefficient (Wildman–Crippen LogP) is -5.50. The molecule has 2 heterocycles. The van der Waals surface area contributed by atoms with Crippen LogP contribution >= 0.6 is 0 Å². The van der Waals surface area contributed by atoms with Crippen LogP contribution in [0.1, 0.15) is 0 Å². The Balaban J connectivity index is 2.16. The molecule has 2 saturated heterocycles. The molecule has 2 aliphatic heterocycles. The molecule has 12 nitrogen and oxygen atoms in total. The van der Waals surface area contributed by atoms with Gasteiger partial charge < -0.3 is 50.0 Å². The lowest BCUT2D eigenvalue weighted by molar-refractivity contribution is -0.359. The van der Waals surface area contributed by atoms with Gasteiger partial charge in [0, 0.05) is 0 Å². The lowest BCUT2D eigenvalue weighted by Gasteiger charge is -2.45. The molecule has 0 aromatic rings. The van der Waals surface area contributed by atoms with Crippen LogP contribution in [-0.4, -0.2) is 110 Å². The van der Waals surface area contributed by atoms with Crippen molar-refractivity contribution in [1.29, 1.82) is 0 Å². The first-order valence-electron chi connectivity index (χ1n) is 7.29. The molecule has 10 atom stereocenters. The van der Waals surface area contributed by atoms with Gasteiger partial charge in [-0.25, -0.2) is 5.90 Å². The zero-order valence-corrected chi connectivity index (χ0v) is 12.5. The Morgan fingerprint density at radius 2 is 1.38 bits per heavy atom. The smallest absolute Gasteiger partial charge is 0.187 e. The zero-order chi connectivity index (χ0) is 18.0. The number of rotatable bonds is 5. The van der Waals surface area contributed by atoms with Crippen molar-refractivity contribution < 1.29 is 54.8 Å². The molecule has 0 unspecified atom stereocenters. The second kappa shape index (κ2) is 8.27. The van der Waals surface area contributed by atoms with Gasteiger partial charge in [-0.05, 0) is 0 Å². The number of nitrogens with two attached hydrogens (primary N) is 1. The maximum Gasteiger partial charge on any atom is 0.187 e. The molecule has 0 saturated carbocycles. The first kappa shape index (κ1) is 19.8. The standard InChI is InChI=1S/C12H23NO11/c13-24-10-8(19)11(20)21-4(2-15)9(10)23-12-7(18)6(17)5(16)3(1-14)22-12/h3-12,14-20H,1-2,13H2/t3-,4-,5-,6+,7-,8-,9-,10-,11-,12-/m1/s1. The minimum Gasteiger partial charge on any atom is -0.394 e. The third-order valence-electron chi connectivity index (χ3n) is 4.11. The molecule has 0 radical (unpaired) electrons. The summed E-state index contributed by atoms with van der Waals surface area (Å²) < 4.78 is 15.5. The molecule has 142 valence electrons. The van der Waals surface area contributed by atoms with Crippen LogP contribution in [0, 0.1) is 0 Å². The fraction of sp³-hybridized carbons (Fsp3) is 1.00. The minimum absolute atomic E-state index is 0.647. The third-order valence-corrected chi connectivity index (χ3v) is 4.11. The Kier molecular flexibility index (Phi) is 6.83. The second-order valence-corrected chi connectivity index (χ2v) is 5.64. The van der Waals surface area contributed by atoms with Crippen LogP contribution in [-0.2, 0) is 19.0 Å². The molecule has 0 aromatic carbocycles. The van der Waals surface area contributed by atoms with Gasteiger partial charge in [-0.1, -0.05) is 0 Å². The molecule has 0 amide bonds. The first-order chi connectivity index (χ1) is 11.3. The second-order valence-electron chi connectivity index (χ2n) is 5.64. The highest BCUT2D eigenvalue weighted by molar-refractivity contribution is 4.94. The largest absolute Gasteiger partial charge is 0.394 e. The summed E-state index contributed by atoms with van der Waals surface area (Å²) in [4.78, 5) is 4.57. The number of hydrogen-bond donors (Lipinski definition) is 8. The fourth-order valence-electron chi connectivity index (χ4n) is 2.71. The highest BCUT2D eigenvalue weighted by Crippen LogP contribution is 2.29. The molecule has 2 aliphatic rings. The molecule has 0 bridgehead atoms. The molecule has 2 fully saturated rings. The maximum absolute atomic E-state index is 9.96. The summed E-state index contributed by atoms with van der Waals surface area (Å²) in [6.07, 6.45) is -14.9. The van der Waals surface area contributed by atoms with Crippen LogP contribution in [0.25, 0.3) is 0 Å². The van der Waals surface area contributed by atoms with Gasteiger partial charge in [0.1, 0.15) is 48.8 Å². The van der Waals surface area contributed by atoms with E-state index in [0.717, 1.165) is 0 Å². The van der Waals surface area contributed by atoms with Crippen molar-refractivity contribution in [2.45, 2.75) is 61.4 Å². The number of hydrogen-bond acceptors (Lipinski definition) is 12. The lowest BCUT2D eigenvalue weighted by atomic mass is 9.97. The molecule has 0 aromatic heterocycles. The summed E-state index contributed by atoms with van der Waals surface area (Å²) in [6.45, 7) is -1.31. The highest BCUT2D eigenvalue weighted by atomic mass is 16.7. The van der Waals surface area contributed by atoms with Gasteiger partial charge in [0.05, 0.1) is 13.2 Å². The molecular weight excluding hydrogens is 334 g/mol. The zero-order valence-electron chi connectivity index (χ0n) is 12.5. The van der Waals surface area contributed by atoms with E-state index < -0.39 is 74.6 Å². The first-order valence-corrected chi connectivity index (χ1v) is 7.29. The number of ether oxygens (including phenoxy) is 3. The van der Waals surface area contributed by atoms with E-state index in [-0.39, 0.29) is 0 Å². The fourth-order valence-corrected chi connectivity index (χ4v) is 2.71. The van der Waals surface area contributed by atoms with E-state index in [2.05, 4.69) is 4.84 Å². The molecule has 12 heteroatoms. The quantitative estimate of drug-likeness (QED) is 0.217. The summed E-state index contributed by atoms with van der Waals surface area (Å²) in [5, 5.41) is 67.3. The van der Waals surface area contributed by atoms with Crippen molar-refractivity contribution in [1.82, 2.24) is 0 Å². The van der Waals surface area contributed by atoms with Gasteiger partial charge in [-0.15, -0.1) is 0 Å². The van der Waals surface area contributed by atoms with E-state index in [1.54, 1.807) is 0 Å². The maximum atomic E-state index is 9.96. The van der Waals surface area contributed by atoms with Crippen molar-refractivity contribution in [3.05, 3.63) is 0 Å². The Labute approximate surface area is 136 Å². The topological polar surface area (TPSA) is 205 Å². The molecule has 0 aliphatic carbocycles. The monoisotopic (exact) mass is 357 g/mol. The summed E-state index contributed by atoms with van der Waals surface area (Å²) in [7, 11) is 0. The van der Waals surface area contributed by atoms with Crippen molar-refractivity contribution in [2.75, 3.05) is 13.2 Å². The van der Waals surface area contributed by atoms with E-state index in [1.165, 1.54) is 0 Å². The van der Waals surface area contributed by atoms with E-state index >= 15 is 0 Å². The average molecular weight is 357 g/mol. The summed E-state index contributed by atoms with van der Waals surface area (Å²) in [5.41, 5.74) is 0. The Morgan fingerprint density at radius 1 is 0.750 bits per heavy atom.